The maximum atomic E-state index is 2.73. The lowest BCUT2D eigenvalue weighted by atomic mass is 9.66. The summed E-state index contributed by atoms with van der Waals surface area (Å²) in [7, 11) is 0. The number of hydrogen-bond donors (Lipinski definition) is 0. The predicted octanol–water partition coefficient (Wildman–Crippen LogP) is 11.9. The smallest absolute Gasteiger partial charge is 0.0126 e. The Hall–Kier alpha value is -3.90. The molecule has 0 amide bonds. The highest BCUT2D eigenvalue weighted by molar-refractivity contribution is 5.84. The quantitative estimate of drug-likeness (QED) is 0.278. The third kappa shape index (κ3) is 5.48. The van der Waals surface area contributed by atoms with E-state index in [2.05, 4.69) is 175 Å². The average Bonchev–Trinajstić information content (AvgIpc) is 3.67. The second-order valence-corrected chi connectivity index (χ2v) is 15.7. The molecule has 4 aliphatic carbocycles. The van der Waals surface area contributed by atoms with E-state index in [1.807, 2.05) is 0 Å². The third-order valence-electron chi connectivity index (χ3n) is 10.7. The lowest BCUT2D eigenvalue weighted by molar-refractivity contribution is 0.335. The molecule has 45 heavy (non-hydrogen) atoms. The number of hydrogen-bond acceptors (Lipinski definition) is 0. The highest BCUT2D eigenvalue weighted by atomic mass is 14.6. The molecule has 7 rings (SSSR count). The van der Waals surface area contributed by atoms with Crippen LogP contribution in [0.25, 0.3) is 11.1 Å². The van der Waals surface area contributed by atoms with Crippen molar-refractivity contribution in [2.45, 2.75) is 53.9 Å². The second-order valence-electron chi connectivity index (χ2n) is 15.7. The summed E-state index contributed by atoms with van der Waals surface area (Å²) in [5.41, 5.74) is 11.6. The molecule has 0 radical (unpaired) electrons. The molecule has 3 aromatic rings. The molecule has 0 heterocycles. The fourth-order valence-corrected chi connectivity index (χ4v) is 8.80. The fraction of sp³-hybridized carbons (Fsp3) is 0.333. The summed E-state index contributed by atoms with van der Waals surface area (Å²) in [6.45, 7) is 14.4. The molecule has 0 aromatic heterocycles. The van der Waals surface area contributed by atoms with Crippen LogP contribution in [0.15, 0.2) is 150 Å². The molecule has 0 saturated heterocycles. The Morgan fingerprint density at radius 3 is 1.38 bits per heavy atom. The van der Waals surface area contributed by atoms with Crippen molar-refractivity contribution in [3.8, 4) is 0 Å². The Morgan fingerprint density at radius 2 is 0.978 bits per heavy atom. The molecule has 3 aromatic carbocycles. The number of rotatable bonds is 5. The zero-order valence-corrected chi connectivity index (χ0v) is 27.9. The second kappa shape index (κ2) is 11.5. The number of fused-ring (bicyclic) bond motifs is 3. The molecular formula is C45H48. The standard InChI is InChI=1S/C45H48/c1-44(2,3)40-28-36-37-29-41(45(4,5)6)35(31-20-12-8-13-21-31)27-39(37)43(38(36)26-34(40)30-18-10-7-11-19-30)42(33-24-16-17-25-33)32-22-14-9-15-23-32/h7-16,18-29,36-39,42-43H,17H2,1-6H3. The van der Waals surface area contributed by atoms with E-state index in [0.717, 1.165) is 6.42 Å². The van der Waals surface area contributed by atoms with E-state index in [4.69, 9.17) is 0 Å². The van der Waals surface area contributed by atoms with E-state index in [-0.39, 0.29) is 10.8 Å². The Morgan fingerprint density at radius 1 is 0.533 bits per heavy atom. The topological polar surface area (TPSA) is 0 Å². The molecule has 1 fully saturated rings. The van der Waals surface area contributed by atoms with Crippen LogP contribution in [0.3, 0.4) is 0 Å². The Labute approximate surface area is 271 Å². The van der Waals surface area contributed by atoms with Gasteiger partial charge in [-0.2, -0.15) is 0 Å². The highest BCUT2D eigenvalue weighted by Gasteiger charge is 2.54. The molecule has 0 spiro atoms. The van der Waals surface area contributed by atoms with Crippen molar-refractivity contribution in [1.29, 1.82) is 0 Å². The van der Waals surface area contributed by atoms with Gasteiger partial charge in [-0.05, 0) is 91.4 Å². The van der Waals surface area contributed by atoms with Gasteiger partial charge in [0.1, 0.15) is 0 Å². The third-order valence-corrected chi connectivity index (χ3v) is 10.7. The van der Waals surface area contributed by atoms with Crippen molar-refractivity contribution in [2.24, 2.45) is 40.4 Å². The molecule has 0 bridgehead atoms. The Bertz CT molecular complexity index is 1630. The zero-order valence-electron chi connectivity index (χ0n) is 27.9. The average molecular weight is 589 g/mol. The van der Waals surface area contributed by atoms with Crippen molar-refractivity contribution in [3.05, 3.63) is 167 Å². The van der Waals surface area contributed by atoms with Gasteiger partial charge in [-0.25, -0.2) is 0 Å². The van der Waals surface area contributed by atoms with Gasteiger partial charge < -0.3 is 0 Å². The Kier molecular flexibility index (Phi) is 7.60. The minimum atomic E-state index is 0.0477. The van der Waals surface area contributed by atoms with Crippen LogP contribution in [-0.2, 0) is 0 Å². The first-order valence-corrected chi connectivity index (χ1v) is 17.0. The SMILES string of the molecule is CC(C)(C)C1=CC2C3C=C(C(C)(C)C)C(c4ccccc4)=CC3C(C(C3=CCC=C3)c3ccccc3)C2C=C1c1ccccc1. The van der Waals surface area contributed by atoms with Gasteiger partial charge in [0.15, 0.2) is 0 Å². The molecule has 4 aliphatic rings. The lowest BCUT2D eigenvalue weighted by Crippen LogP contribution is -2.27. The highest BCUT2D eigenvalue weighted by Crippen LogP contribution is 2.62. The monoisotopic (exact) mass is 588 g/mol. The van der Waals surface area contributed by atoms with E-state index in [1.54, 1.807) is 0 Å². The van der Waals surface area contributed by atoms with Crippen LogP contribution in [0.1, 0.15) is 70.6 Å². The van der Waals surface area contributed by atoms with Crippen molar-refractivity contribution < 1.29 is 0 Å². The van der Waals surface area contributed by atoms with E-state index >= 15 is 0 Å². The predicted molar refractivity (Wildman–Crippen MR) is 192 cm³/mol. The van der Waals surface area contributed by atoms with Crippen molar-refractivity contribution in [2.75, 3.05) is 0 Å². The van der Waals surface area contributed by atoms with Crippen molar-refractivity contribution >= 4 is 11.1 Å². The molecule has 1 saturated carbocycles. The molecule has 5 unspecified atom stereocenters. The molecule has 0 aliphatic heterocycles. The van der Waals surface area contributed by atoms with Crippen LogP contribution in [0.2, 0.25) is 0 Å². The van der Waals surface area contributed by atoms with Crippen LogP contribution in [0.4, 0.5) is 0 Å². The number of benzene rings is 3. The first-order valence-electron chi connectivity index (χ1n) is 17.0. The van der Waals surface area contributed by atoms with Crippen LogP contribution in [0.5, 0.6) is 0 Å². The van der Waals surface area contributed by atoms with Gasteiger partial charge in [0, 0.05) is 5.92 Å². The van der Waals surface area contributed by atoms with Crippen LogP contribution in [0, 0.1) is 40.4 Å². The van der Waals surface area contributed by atoms with Gasteiger partial charge in [0.05, 0.1) is 0 Å². The van der Waals surface area contributed by atoms with E-state index in [9.17, 15) is 0 Å². The summed E-state index contributed by atoms with van der Waals surface area (Å²) in [6.07, 6.45) is 19.2. The van der Waals surface area contributed by atoms with Gasteiger partial charge >= 0.3 is 0 Å². The van der Waals surface area contributed by atoms with Gasteiger partial charge in [0.2, 0.25) is 0 Å². The molecule has 5 atom stereocenters. The van der Waals surface area contributed by atoms with Crippen LogP contribution >= 0.6 is 0 Å². The first kappa shape index (κ1) is 29.8. The summed E-state index contributed by atoms with van der Waals surface area (Å²) in [5, 5.41) is 0. The van der Waals surface area contributed by atoms with Crippen molar-refractivity contribution in [3.63, 3.8) is 0 Å². The largest absolute Gasteiger partial charge is 0.0804 e. The van der Waals surface area contributed by atoms with E-state index in [1.165, 1.54) is 44.6 Å². The summed E-state index contributed by atoms with van der Waals surface area (Å²) in [6, 6.07) is 33.7. The number of allylic oxidation sites excluding steroid dienone is 12. The summed E-state index contributed by atoms with van der Waals surface area (Å²) in [4.78, 5) is 0. The fourth-order valence-electron chi connectivity index (χ4n) is 8.80. The normalized spacial score (nSPS) is 26.6. The van der Waals surface area contributed by atoms with Gasteiger partial charge in [-0.15, -0.1) is 0 Å². The Balaban J connectivity index is 1.49. The maximum Gasteiger partial charge on any atom is 0.0126 e. The molecule has 0 N–H and O–H groups in total. The van der Waals surface area contributed by atoms with Gasteiger partial charge in [-0.1, -0.05) is 175 Å². The molecule has 0 nitrogen and oxygen atoms in total. The van der Waals surface area contributed by atoms with Gasteiger partial charge in [-0.3, -0.25) is 0 Å². The molecule has 0 heteroatoms. The van der Waals surface area contributed by atoms with Crippen LogP contribution < -0.4 is 0 Å². The minimum Gasteiger partial charge on any atom is -0.0804 e. The van der Waals surface area contributed by atoms with Crippen molar-refractivity contribution in [1.82, 2.24) is 0 Å². The first-order chi connectivity index (χ1) is 21.6. The summed E-state index contributed by atoms with van der Waals surface area (Å²) < 4.78 is 0. The summed E-state index contributed by atoms with van der Waals surface area (Å²) >= 11 is 0. The maximum absolute atomic E-state index is 2.73. The molecular weight excluding hydrogens is 540 g/mol. The lowest BCUT2D eigenvalue weighted by Gasteiger charge is -2.37. The van der Waals surface area contributed by atoms with Crippen LogP contribution in [-0.4, -0.2) is 0 Å². The van der Waals surface area contributed by atoms with E-state index < -0.39 is 0 Å². The molecule has 228 valence electrons. The van der Waals surface area contributed by atoms with Gasteiger partial charge in [0.25, 0.3) is 0 Å². The zero-order chi connectivity index (χ0) is 31.3. The van der Waals surface area contributed by atoms with E-state index in [0.29, 0.717) is 35.5 Å². The summed E-state index contributed by atoms with van der Waals surface area (Å²) in [5.74, 6) is 2.51. The minimum absolute atomic E-state index is 0.0477.